The van der Waals surface area contributed by atoms with E-state index in [1.807, 2.05) is 117 Å². The summed E-state index contributed by atoms with van der Waals surface area (Å²) in [5.41, 5.74) is 4.35. The fourth-order valence-corrected chi connectivity index (χ4v) is 14.9. The number of amides is 4. The van der Waals surface area contributed by atoms with Gasteiger partial charge in [0.15, 0.2) is 57.5 Å². The van der Waals surface area contributed by atoms with Crippen LogP contribution in [0.3, 0.4) is 0 Å². The molecule has 4 saturated heterocycles. The largest absolute Gasteiger partial charge is 0.504 e. The van der Waals surface area contributed by atoms with Crippen LogP contribution < -0.4 is 88.6 Å². The number of ether oxygens (including phenoxy) is 11. The van der Waals surface area contributed by atoms with Crippen LogP contribution in [0.1, 0.15) is 54.9 Å². The molecule has 9 heterocycles. The zero-order valence-electron chi connectivity index (χ0n) is 75.4. The molecule has 0 saturated carbocycles. The normalized spacial score (nSPS) is 14.2. The van der Waals surface area contributed by atoms with Gasteiger partial charge in [-0.3, -0.25) is 14.4 Å². The number of carbonyl (C=O) groups is 3. The van der Waals surface area contributed by atoms with Crippen LogP contribution in [0.4, 0.5) is 38.4 Å². The summed E-state index contributed by atoms with van der Waals surface area (Å²) in [4.78, 5) is 117. The molecule has 0 bridgehead atoms. The van der Waals surface area contributed by atoms with Crippen molar-refractivity contribution in [3.8, 4) is 69.0 Å². The smallest absolute Gasteiger partial charge is 0.321 e. The van der Waals surface area contributed by atoms with Crippen LogP contribution in [0.2, 0.25) is 0 Å². The van der Waals surface area contributed by atoms with Crippen molar-refractivity contribution in [3.05, 3.63) is 162 Å². The van der Waals surface area contributed by atoms with Crippen LogP contribution in [0.5, 0.6) is 69.0 Å². The zero-order chi connectivity index (χ0) is 91.6. The van der Waals surface area contributed by atoms with Crippen LogP contribution in [-0.2, 0) is 4.79 Å². The molecule has 129 heavy (non-hydrogen) atoms. The highest BCUT2D eigenvalue weighted by Crippen LogP contribution is 2.40. The van der Waals surface area contributed by atoms with Gasteiger partial charge in [-0.1, -0.05) is 6.92 Å². The molecule has 37 heteroatoms. The van der Waals surface area contributed by atoms with E-state index >= 15 is 0 Å². The molecule has 5 aromatic heterocycles. The molecule has 4 aliphatic rings. The minimum atomic E-state index is -0.465. The van der Waals surface area contributed by atoms with Crippen molar-refractivity contribution in [1.82, 2.24) is 74.3 Å². The number of fused-ring (bicyclic) bond motifs is 5. The molecule has 4 fully saturated rings. The number of H-pyrrole nitrogens is 2. The molecular weight excluding hydrogens is 1660 g/mol. The average molecular weight is 1770 g/mol. The number of aromatic nitrogens is 10. The second-order valence-electron chi connectivity index (χ2n) is 30.9. The molecule has 4 amide bonds. The molecule has 4 aliphatic heterocycles. The molecule has 7 aromatic carbocycles. The Balaban J connectivity index is 0.000000155. The monoisotopic (exact) mass is 1770 g/mol. The maximum absolute atomic E-state index is 12.9. The lowest BCUT2D eigenvalue weighted by atomic mass is 10.2. The van der Waals surface area contributed by atoms with Crippen molar-refractivity contribution in [1.29, 1.82) is 0 Å². The standard InChI is InChI=1S/C32H45N7O4.C25H31N5O4.C14H18N4O2.C11H10N2O4.C10H10N2O3/c1-5-36-12-14-37(15-13-36)11-6-20-42-30-22-28-27(21-29(30)41-4)31(34-23-33-28)38-16-18-39(19-17-38)32(40)35-25-7-9-26(10-8-25)43-24(2)3;1-5-33-23-15-21-20(14-22(23)32-4)24(27-16-26-21)29-10-12-30(13-11-29)25(31)28-18-6-8-19(9-7-18)34-17(2)3;1-17-3-5-18(6-4-17)14-10-7-13(20-2)12(19)8-11(10)15-9-16-14;1-6(14)17-10-4-8-7(3-9(10)16-2)11(15)13-5-12-8;1-14-8-3-6-7(4-9(8)15-2)11-5-12-10(6)13/h7-10,21-24H,5-6,11-20H2,1-4H3,(H,35,40);6-9,14-17H,5,10-13H2,1-4H3,(H,28,31);7-9,19H,3-6H2,1-2H3;3-5H,1-2H3,(H,12,13,15);3-5H,1-2H3,(H,11,12,13). The first-order chi connectivity index (χ1) is 62.5. The fraction of sp³-hybridized carbons (Fsp3) is 0.402. The SMILES string of the molecule is CCN1CCN(CCCOc2cc3ncnc(N4CCN(C(=O)Nc5ccc(OC(C)C)cc5)CC4)c3cc2OC)CC1.CCOc1cc2ncnc(N3CCN(C(=O)Nc4ccc(OC(C)C)cc4)CC3)c2cc1OC.COc1cc2c(=O)[nH]cnc2cc1OC(C)=O.COc1cc2c(N3CCN(C)CC3)ncnc2cc1O.COc1cc2nc[nH]c(=O)c2cc1OC. The molecule has 0 aliphatic carbocycles. The number of phenolic OH excluding ortho intramolecular Hbond substituents is 1. The van der Waals surface area contributed by atoms with Gasteiger partial charge in [-0.15, -0.1) is 0 Å². The Morgan fingerprint density at radius 2 is 0.775 bits per heavy atom. The summed E-state index contributed by atoms with van der Waals surface area (Å²) in [6, 6.07) is 32.0. The number of rotatable bonds is 24. The van der Waals surface area contributed by atoms with Crippen LogP contribution in [0.25, 0.3) is 54.5 Å². The lowest BCUT2D eigenvalue weighted by Crippen LogP contribution is -2.50. The van der Waals surface area contributed by atoms with E-state index in [0.717, 1.165) is 145 Å². The van der Waals surface area contributed by atoms with Crippen LogP contribution in [0.15, 0.2) is 150 Å². The zero-order valence-corrected chi connectivity index (χ0v) is 75.4. The molecule has 0 radical (unpaired) electrons. The van der Waals surface area contributed by atoms with Crippen LogP contribution in [-0.4, -0.2) is 290 Å². The van der Waals surface area contributed by atoms with Gasteiger partial charge in [0.2, 0.25) is 0 Å². The number of nitrogens with one attached hydrogen (secondary N) is 4. The number of urea groups is 2. The topological polar surface area (TPSA) is 392 Å². The molecule has 0 spiro atoms. The number of phenols is 1. The Kier molecular flexibility index (Phi) is 33.1. The Morgan fingerprint density at radius 3 is 1.19 bits per heavy atom. The number of hydrogen-bond acceptors (Lipinski definition) is 31. The van der Waals surface area contributed by atoms with Gasteiger partial charge < -0.3 is 117 Å². The minimum absolute atomic E-state index is 0.100. The minimum Gasteiger partial charge on any atom is -0.504 e. The first-order valence-electron chi connectivity index (χ1n) is 42.8. The van der Waals surface area contributed by atoms with Gasteiger partial charge in [0.05, 0.1) is 119 Å². The number of methoxy groups -OCH3 is 6. The highest BCUT2D eigenvalue weighted by molar-refractivity contribution is 5.96. The van der Waals surface area contributed by atoms with Gasteiger partial charge in [-0.25, -0.2) is 49.5 Å². The summed E-state index contributed by atoms with van der Waals surface area (Å²) in [6.45, 7) is 30.1. The third-order valence-corrected chi connectivity index (χ3v) is 21.6. The van der Waals surface area contributed by atoms with Gasteiger partial charge >= 0.3 is 18.0 Å². The highest BCUT2D eigenvalue weighted by Gasteiger charge is 2.28. The van der Waals surface area contributed by atoms with Gasteiger partial charge in [0.25, 0.3) is 11.1 Å². The van der Waals surface area contributed by atoms with E-state index in [2.05, 4.69) is 104 Å². The van der Waals surface area contributed by atoms with Gasteiger partial charge in [-0.05, 0) is 133 Å². The number of carbonyl (C=O) groups excluding carboxylic acids is 3. The highest BCUT2D eigenvalue weighted by atomic mass is 16.6. The molecular formula is C92H114N20O17. The van der Waals surface area contributed by atoms with Crippen molar-refractivity contribution < 1.29 is 71.6 Å². The van der Waals surface area contributed by atoms with Gasteiger partial charge in [0.1, 0.15) is 47.9 Å². The predicted molar refractivity (Wildman–Crippen MR) is 495 cm³/mol. The number of hydrogen-bond donors (Lipinski definition) is 5. The van der Waals surface area contributed by atoms with Crippen LogP contribution in [0, 0.1) is 0 Å². The van der Waals surface area contributed by atoms with Crippen molar-refractivity contribution in [2.75, 3.05) is 206 Å². The van der Waals surface area contributed by atoms with Crippen molar-refractivity contribution in [3.63, 3.8) is 0 Å². The van der Waals surface area contributed by atoms with Crippen LogP contribution >= 0.6 is 0 Å². The number of benzene rings is 7. The number of likely N-dealkylation sites (N-methyl/N-ethyl adjacent to an activating group) is 2. The fourth-order valence-electron chi connectivity index (χ4n) is 14.9. The number of aromatic amines is 2. The second-order valence-corrected chi connectivity index (χ2v) is 30.9. The van der Waals surface area contributed by atoms with E-state index in [1.54, 1.807) is 64.6 Å². The number of esters is 1. The average Bonchev–Trinajstić information content (AvgIpc) is 0.782. The molecule has 16 rings (SSSR count). The van der Waals surface area contributed by atoms with E-state index in [9.17, 15) is 29.1 Å². The first kappa shape index (κ1) is 94.1. The van der Waals surface area contributed by atoms with Crippen molar-refractivity contribution in [2.45, 2.75) is 67.1 Å². The summed E-state index contributed by atoms with van der Waals surface area (Å²) in [7, 11) is 11.4. The Labute approximate surface area is 747 Å². The number of anilines is 5. The summed E-state index contributed by atoms with van der Waals surface area (Å²) in [5.74, 6) is 8.51. The van der Waals surface area contributed by atoms with Crippen molar-refractivity contribution in [2.24, 2.45) is 0 Å². The summed E-state index contributed by atoms with van der Waals surface area (Å²) in [6.07, 6.45) is 8.51. The third-order valence-electron chi connectivity index (χ3n) is 21.6. The second kappa shape index (κ2) is 45.4. The molecule has 12 aromatic rings. The number of aromatic hydroxyl groups is 1. The first-order valence-corrected chi connectivity index (χ1v) is 42.8. The summed E-state index contributed by atoms with van der Waals surface area (Å²) >= 11 is 0. The van der Waals surface area contributed by atoms with E-state index < -0.39 is 5.97 Å². The Bertz CT molecular complexity index is 5880. The van der Waals surface area contributed by atoms with E-state index in [1.165, 1.54) is 53.0 Å². The number of piperazine rings is 4. The maximum Gasteiger partial charge on any atom is 0.321 e. The van der Waals surface area contributed by atoms with Gasteiger partial charge in [-0.2, -0.15) is 0 Å². The summed E-state index contributed by atoms with van der Waals surface area (Å²) in [5, 5.41) is 19.4. The lowest BCUT2D eigenvalue weighted by molar-refractivity contribution is -0.132. The Morgan fingerprint density at radius 1 is 0.419 bits per heavy atom. The molecule has 0 atom stereocenters. The quantitative estimate of drug-likeness (QED) is 0.0213. The van der Waals surface area contributed by atoms with E-state index in [0.29, 0.717) is 133 Å². The molecule has 0 unspecified atom stereocenters. The Hall–Kier alpha value is -14.1. The lowest BCUT2D eigenvalue weighted by Gasteiger charge is -2.35. The third kappa shape index (κ3) is 24.8. The number of nitrogens with zero attached hydrogens (tertiary/aromatic N) is 16. The van der Waals surface area contributed by atoms with Gasteiger partial charge in [0, 0.05) is 176 Å². The summed E-state index contributed by atoms with van der Waals surface area (Å²) < 4.78 is 59.8. The molecule has 37 nitrogen and oxygen atoms in total. The van der Waals surface area contributed by atoms with E-state index in [4.69, 9.17) is 52.1 Å². The maximum atomic E-state index is 12.9. The molecule has 684 valence electrons. The van der Waals surface area contributed by atoms with Crippen molar-refractivity contribution >= 4 is 101 Å². The predicted octanol–water partition coefficient (Wildman–Crippen LogP) is 11.3. The molecule has 5 N–H and O–H groups in total. The van der Waals surface area contributed by atoms with E-state index in [-0.39, 0.29) is 46.9 Å².